The van der Waals surface area contributed by atoms with Gasteiger partial charge in [0.1, 0.15) is 6.61 Å². The number of benzene rings is 1. The lowest BCUT2D eigenvalue weighted by atomic mass is 10.1. The Hall–Kier alpha value is -1.19. The zero-order valence-electron chi connectivity index (χ0n) is 7.32. The molecular weight excluding hydrogens is 166 g/mol. The fourth-order valence-corrected chi connectivity index (χ4v) is 1.11. The Balaban J connectivity index is 2.82. The number of Topliss-reactive ketones (excluding diaryl/α,β-unsaturated/α-hetero) is 1. The monoisotopic (exact) mass is 178 g/mol. The maximum Gasteiger partial charge on any atom is 0.164 e. The summed E-state index contributed by atoms with van der Waals surface area (Å²) < 4.78 is 0. The molecule has 1 rings (SSSR count). The standard InChI is InChI=1S/C10H12NO2/c11-5-4-10(13)9-3-1-2-8(6-9)7-12/h1-3,6H,4-5,7,11H2. The van der Waals surface area contributed by atoms with E-state index in [-0.39, 0.29) is 12.4 Å². The van der Waals surface area contributed by atoms with Crippen LogP contribution in [0.25, 0.3) is 0 Å². The second-order valence-electron chi connectivity index (χ2n) is 2.81. The van der Waals surface area contributed by atoms with Crippen molar-refractivity contribution in [2.45, 2.75) is 13.0 Å². The Kier molecular flexibility index (Phi) is 3.61. The van der Waals surface area contributed by atoms with Crippen molar-refractivity contribution < 1.29 is 9.90 Å². The lowest BCUT2D eigenvalue weighted by molar-refractivity contribution is 0.0985. The van der Waals surface area contributed by atoms with Crippen LogP contribution in [-0.2, 0) is 11.7 Å². The molecule has 0 aliphatic rings. The summed E-state index contributed by atoms with van der Waals surface area (Å²) >= 11 is 0. The second kappa shape index (κ2) is 4.74. The molecule has 0 aromatic heterocycles. The third kappa shape index (κ3) is 2.65. The van der Waals surface area contributed by atoms with E-state index < -0.39 is 0 Å². The van der Waals surface area contributed by atoms with Gasteiger partial charge in [-0.1, -0.05) is 18.2 Å². The molecule has 0 fully saturated rings. The maximum absolute atomic E-state index is 11.3. The van der Waals surface area contributed by atoms with Crippen LogP contribution in [0.5, 0.6) is 0 Å². The summed E-state index contributed by atoms with van der Waals surface area (Å²) in [5, 5.41) is 10.5. The minimum Gasteiger partial charge on any atom is -0.330 e. The van der Waals surface area contributed by atoms with Crippen molar-refractivity contribution in [1.82, 2.24) is 0 Å². The van der Waals surface area contributed by atoms with Crippen molar-refractivity contribution in [3.8, 4) is 0 Å². The molecule has 0 saturated heterocycles. The fraction of sp³-hybridized carbons (Fsp3) is 0.300. The number of rotatable bonds is 4. The first kappa shape index (κ1) is 9.89. The Morgan fingerprint density at radius 2 is 2.15 bits per heavy atom. The Labute approximate surface area is 77.2 Å². The van der Waals surface area contributed by atoms with Crippen molar-refractivity contribution in [3.63, 3.8) is 0 Å². The van der Waals surface area contributed by atoms with Gasteiger partial charge in [-0.2, -0.15) is 0 Å². The summed E-state index contributed by atoms with van der Waals surface area (Å²) in [5.74, 6) is -0.00204. The number of hydrogen-bond donors (Lipinski definition) is 1. The fourth-order valence-electron chi connectivity index (χ4n) is 1.11. The van der Waals surface area contributed by atoms with E-state index in [1.165, 1.54) is 0 Å². The van der Waals surface area contributed by atoms with E-state index in [0.717, 1.165) is 0 Å². The molecule has 0 aliphatic carbocycles. The average molecular weight is 178 g/mol. The zero-order valence-corrected chi connectivity index (χ0v) is 7.32. The van der Waals surface area contributed by atoms with Gasteiger partial charge in [-0.05, 0) is 18.2 Å². The largest absolute Gasteiger partial charge is 0.330 e. The van der Waals surface area contributed by atoms with Gasteiger partial charge in [0.25, 0.3) is 0 Å². The Morgan fingerprint density at radius 1 is 1.38 bits per heavy atom. The molecule has 0 unspecified atom stereocenters. The number of ketones is 1. The van der Waals surface area contributed by atoms with Gasteiger partial charge in [0.05, 0.1) is 0 Å². The molecule has 0 atom stereocenters. The van der Waals surface area contributed by atoms with Gasteiger partial charge < -0.3 is 5.73 Å². The summed E-state index contributed by atoms with van der Waals surface area (Å²) in [4.78, 5) is 11.3. The van der Waals surface area contributed by atoms with Crippen LogP contribution in [0.1, 0.15) is 22.3 Å². The first-order chi connectivity index (χ1) is 6.27. The molecule has 1 aromatic carbocycles. The molecule has 0 heterocycles. The highest BCUT2D eigenvalue weighted by Gasteiger charge is 2.04. The molecule has 3 nitrogen and oxygen atoms in total. The smallest absolute Gasteiger partial charge is 0.164 e. The van der Waals surface area contributed by atoms with Crippen molar-refractivity contribution in [2.24, 2.45) is 5.73 Å². The van der Waals surface area contributed by atoms with Crippen LogP contribution in [-0.4, -0.2) is 12.3 Å². The Bertz CT molecular complexity index is 297. The van der Waals surface area contributed by atoms with Gasteiger partial charge in [-0.15, -0.1) is 0 Å². The first-order valence-corrected chi connectivity index (χ1v) is 4.18. The molecule has 13 heavy (non-hydrogen) atoms. The zero-order chi connectivity index (χ0) is 9.68. The third-order valence-electron chi connectivity index (χ3n) is 1.79. The van der Waals surface area contributed by atoms with Crippen molar-refractivity contribution in [1.29, 1.82) is 0 Å². The highest BCUT2D eigenvalue weighted by atomic mass is 16.3. The molecule has 0 amide bonds. The molecular formula is C10H12NO2. The molecule has 0 saturated carbocycles. The van der Waals surface area contributed by atoms with Crippen LogP contribution in [0, 0.1) is 0 Å². The topological polar surface area (TPSA) is 63.0 Å². The molecule has 69 valence electrons. The maximum atomic E-state index is 11.3. The third-order valence-corrected chi connectivity index (χ3v) is 1.79. The highest BCUT2D eigenvalue weighted by molar-refractivity contribution is 5.96. The van der Waals surface area contributed by atoms with Crippen LogP contribution in [0.2, 0.25) is 0 Å². The van der Waals surface area contributed by atoms with Gasteiger partial charge >= 0.3 is 0 Å². The van der Waals surface area contributed by atoms with E-state index >= 15 is 0 Å². The minimum atomic E-state index is -0.288. The van der Waals surface area contributed by atoms with Crippen molar-refractivity contribution in [2.75, 3.05) is 6.54 Å². The normalized spacial score (nSPS) is 10.0. The number of carbonyl (C=O) groups excluding carboxylic acids is 1. The molecule has 2 N–H and O–H groups in total. The van der Waals surface area contributed by atoms with E-state index in [1.54, 1.807) is 24.3 Å². The lowest BCUT2D eigenvalue weighted by Gasteiger charge is -2.00. The van der Waals surface area contributed by atoms with Crippen LogP contribution >= 0.6 is 0 Å². The van der Waals surface area contributed by atoms with Crippen LogP contribution in [0.4, 0.5) is 0 Å². The van der Waals surface area contributed by atoms with Crippen molar-refractivity contribution in [3.05, 3.63) is 35.4 Å². The Morgan fingerprint density at radius 3 is 2.77 bits per heavy atom. The first-order valence-electron chi connectivity index (χ1n) is 4.18. The molecule has 0 bridgehead atoms. The van der Waals surface area contributed by atoms with Gasteiger partial charge in [-0.25, -0.2) is 5.11 Å². The summed E-state index contributed by atoms with van der Waals surface area (Å²) in [7, 11) is 0. The van der Waals surface area contributed by atoms with Gasteiger partial charge in [-0.3, -0.25) is 4.79 Å². The second-order valence-corrected chi connectivity index (χ2v) is 2.81. The lowest BCUT2D eigenvalue weighted by Crippen LogP contribution is -2.08. The van der Waals surface area contributed by atoms with E-state index in [2.05, 4.69) is 0 Å². The quantitative estimate of drug-likeness (QED) is 0.703. The van der Waals surface area contributed by atoms with E-state index in [1.807, 2.05) is 0 Å². The summed E-state index contributed by atoms with van der Waals surface area (Å²) in [6.45, 7) is 0.0597. The number of carbonyl (C=O) groups is 1. The highest BCUT2D eigenvalue weighted by Crippen LogP contribution is 2.07. The van der Waals surface area contributed by atoms with E-state index in [0.29, 0.717) is 24.1 Å². The van der Waals surface area contributed by atoms with E-state index in [9.17, 15) is 9.90 Å². The van der Waals surface area contributed by atoms with Crippen LogP contribution in [0.3, 0.4) is 0 Å². The minimum absolute atomic E-state index is 0.00204. The van der Waals surface area contributed by atoms with Crippen LogP contribution < -0.4 is 5.73 Å². The van der Waals surface area contributed by atoms with Crippen LogP contribution in [0.15, 0.2) is 24.3 Å². The van der Waals surface area contributed by atoms with Gasteiger partial charge in [0.15, 0.2) is 5.78 Å². The number of hydrogen-bond acceptors (Lipinski definition) is 2. The van der Waals surface area contributed by atoms with E-state index in [4.69, 9.17) is 5.73 Å². The van der Waals surface area contributed by atoms with Crippen molar-refractivity contribution >= 4 is 5.78 Å². The predicted octanol–water partition coefficient (Wildman–Crippen LogP) is 1.15. The summed E-state index contributed by atoms with van der Waals surface area (Å²) in [5.41, 5.74) is 6.48. The SMILES string of the molecule is NCCC(=O)c1cccc(C[O])c1. The molecule has 1 aromatic rings. The predicted molar refractivity (Wildman–Crippen MR) is 48.8 cm³/mol. The molecule has 3 heteroatoms. The number of nitrogens with two attached hydrogens (primary N) is 1. The van der Waals surface area contributed by atoms with Gasteiger partial charge in [0.2, 0.25) is 0 Å². The van der Waals surface area contributed by atoms with Gasteiger partial charge in [0, 0.05) is 12.0 Å². The average Bonchev–Trinajstić information content (AvgIpc) is 2.18. The molecule has 0 spiro atoms. The summed E-state index contributed by atoms with van der Waals surface area (Å²) in [6, 6.07) is 6.77. The summed E-state index contributed by atoms with van der Waals surface area (Å²) in [6.07, 6.45) is 0.336. The molecule has 1 radical (unpaired) electrons. The molecule has 0 aliphatic heterocycles.